The second-order valence-electron chi connectivity index (χ2n) is 4.12. The molecule has 1 N–H and O–H groups in total. The highest BCUT2D eigenvalue weighted by Crippen LogP contribution is 2.17. The minimum atomic E-state index is 0.845. The summed E-state index contributed by atoms with van der Waals surface area (Å²) in [6.45, 7) is 3.71. The van der Waals surface area contributed by atoms with E-state index in [-0.39, 0.29) is 0 Å². The highest BCUT2D eigenvalue weighted by molar-refractivity contribution is 5.52. The van der Waals surface area contributed by atoms with E-state index in [2.05, 4.69) is 24.5 Å². The van der Waals surface area contributed by atoms with E-state index >= 15 is 0 Å². The molecule has 0 unspecified atom stereocenters. The van der Waals surface area contributed by atoms with Crippen LogP contribution in [0.5, 0.6) is 0 Å². The van der Waals surface area contributed by atoms with Crippen molar-refractivity contribution in [3.8, 4) is 11.5 Å². The smallest absolute Gasteiger partial charge is 0.160 e. The quantitative estimate of drug-likeness (QED) is 0.753. The average molecular weight is 242 g/mol. The molecule has 18 heavy (non-hydrogen) atoms. The molecule has 0 fully saturated rings. The van der Waals surface area contributed by atoms with Gasteiger partial charge in [-0.2, -0.15) is 0 Å². The number of hydrogen-bond acceptors (Lipinski definition) is 3. The lowest BCUT2D eigenvalue weighted by atomic mass is 10.3. The van der Waals surface area contributed by atoms with Crippen LogP contribution >= 0.6 is 0 Å². The molecule has 3 aromatic heterocycles. The molecule has 3 rings (SSSR count). The Kier molecular flexibility index (Phi) is 2.68. The van der Waals surface area contributed by atoms with Crippen LogP contribution in [0.25, 0.3) is 11.5 Å². The third-order valence-electron chi connectivity index (χ3n) is 2.92. The summed E-state index contributed by atoms with van der Waals surface area (Å²) in [5, 5.41) is 0. The molecule has 0 atom stereocenters. The zero-order chi connectivity index (χ0) is 12.4. The van der Waals surface area contributed by atoms with E-state index in [9.17, 15) is 0 Å². The molecule has 92 valence electrons. The molecule has 6 nitrogen and oxygen atoms in total. The van der Waals surface area contributed by atoms with Crippen LogP contribution < -0.4 is 0 Å². The zero-order valence-corrected chi connectivity index (χ0v) is 10.1. The average Bonchev–Trinajstić information content (AvgIpc) is 3.06. The second kappa shape index (κ2) is 4.48. The Balaban J connectivity index is 1.82. The van der Waals surface area contributed by atoms with Gasteiger partial charge in [-0.3, -0.25) is 0 Å². The third-order valence-corrected chi connectivity index (χ3v) is 2.92. The fraction of sp³-hybridized carbons (Fsp3) is 0.250. The summed E-state index contributed by atoms with van der Waals surface area (Å²) >= 11 is 0. The van der Waals surface area contributed by atoms with Gasteiger partial charge in [0.25, 0.3) is 0 Å². The standard InChI is InChI=1S/C12H14N6/c1-10-11(16-8-15-10)12-14-3-5-18(12)7-6-17-4-2-13-9-17/h2-5,8-9H,6-7H2,1H3,(H,15,16). The van der Waals surface area contributed by atoms with Crippen molar-refractivity contribution in [2.75, 3.05) is 0 Å². The van der Waals surface area contributed by atoms with Crippen molar-refractivity contribution < 1.29 is 0 Å². The Morgan fingerprint density at radius 3 is 2.83 bits per heavy atom. The first-order valence-corrected chi connectivity index (χ1v) is 5.82. The molecule has 0 aromatic carbocycles. The maximum atomic E-state index is 4.38. The van der Waals surface area contributed by atoms with Crippen LogP contribution in [-0.2, 0) is 13.1 Å². The third kappa shape index (κ3) is 1.92. The van der Waals surface area contributed by atoms with E-state index in [0.717, 1.165) is 30.3 Å². The molecule has 3 aromatic rings. The second-order valence-corrected chi connectivity index (χ2v) is 4.12. The van der Waals surface area contributed by atoms with E-state index in [4.69, 9.17) is 0 Å². The first-order chi connectivity index (χ1) is 8.84. The van der Waals surface area contributed by atoms with E-state index in [1.807, 2.05) is 30.2 Å². The Morgan fingerprint density at radius 2 is 2.11 bits per heavy atom. The van der Waals surface area contributed by atoms with Gasteiger partial charge in [-0.15, -0.1) is 0 Å². The normalized spacial score (nSPS) is 10.9. The maximum absolute atomic E-state index is 4.38. The largest absolute Gasteiger partial charge is 0.348 e. The van der Waals surface area contributed by atoms with Gasteiger partial charge in [0, 0.05) is 43.6 Å². The molecule has 0 aliphatic heterocycles. The highest BCUT2D eigenvalue weighted by Gasteiger charge is 2.10. The van der Waals surface area contributed by atoms with Gasteiger partial charge in [0.1, 0.15) is 5.69 Å². The van der Waals surface area contributed by atoms with E-state index < -0.39 is 0 Å². The van der Waals surface area contributed by atoms with Crippen LogP contribution in [0.15, 0.2) is 37.4 Å². The predicted molar refractivity (Wildman–Crippen MR) is 66.8 cm³/mol. The van der Waals surface area contributed by atoms with Crippen LogP contribution in [0, 0.1) is 6.92 Å². The molecule has 0 aliphatic rings. The zero-order valence-electron chi connectivity index (χ0n) is 10.1. The number of aryl methyl sites for hydroxylation is 3. The van der Waals surface area contributed by atoms with Crippen LogP contribution in [0.3, 0.4) is 0 Å². The first kappa shape index (κ1) is 10.8. The van der Waals surface area contributed by atoms with Crippen molar-refractivity contribution in [2.24, 2.45) is 0 Å². The molecule has 0 bridgehead atoms. The first-order valence-electron chi connectivity index (χ1n) is 5.82. The Bertz CT molecular complexity index is 619. The minimum Gasteiger partial charge on any atom is -0.348 e. The number of aromatic nitrogens is 6. The predicted octanol–water partition coefficient (Wildman–Crippen LogP) is 1.48. The van der Waals surface area contributed by atoms with Gasteiger partial charge in [0.05, 0.1) is 12.7 Å². The number of nitrogens with one attached hydrogen (secondary N) is 1. The molecule has 0 radical (unpaired) electrons. The lowest BCUT2D eigenvalue weighted by Gasteiger charge is -2.07. The lowest BCUT2D eigenvalue weighted by Crippen LogP contribution is -2.07. The monoisotopic (exact) mass is 242 g/mol. The van der Waals surface area contributed by atoms with Crippen molar-refractivity contribution in [3.63, 3.8) is 0 Å². The summed E-state index contributed by atoms with van der Waals surface area (Å²) < 4.78 is 4.14. The maximum Gasteiger partial charge on any atom is 0.160 e. The highest BCUT2D eigenvalue weighted by atomic mass is 15.1. The van der Waals surface area contributed by atoms with Gasteiger partial charge in [-0.1, -0.05) is 0 Å². The topological polar surface area (TPSA) is 64.3 Å². The van der Waals surface area contributed by atoms with Crippen molar-refractivity contribution in [2.45, 2.75) is 20.0 Å². The summed E-state index contributed by atoms with van der Waals surface area (Å²) in [6, 6.07) is 0. The molecule has 0 spiro atoms. The number of hydrogen-bond donors (Lipinski definition) is 1. The van der Waals surface area contributed by atoms with Gasteiger partial charge in [0.2, 0.25) is 0 Å². The summed E-state index contributed by atoms with van der Waals surface area (Å²) in [7, 11) is 0. The van der Waals surface area contributed by atoms with Crippen LogP contribution in [0.2, 0.25) is 0 Å². The van der Waals surface area contributed by atoms with Gasteiger partial charge < -0.3 is 14.1 Å². The van der Waals surface area contributed by atoms with Crippen LogP contribution in [0.1, 0.15) is 5.69 Å². The SMILES string of the molecule is Cc1[nH]cnc1-c1nccn1CCn1ccnc1. The van der Waals surface area contributed by atoms with E-state index in [1.54, 1.807) is 18.7 Å². The van der Waals surface area contributed by atoms with Crippen LogP contribution in [-0.4, -0.2) is 29.1 Å². The van der Waals surface area contributed by atoms with Gasteiger partial charge in [-0.25, -0.2) is 15.0 Å². The number of nitrogens with zero attached hydrogens (tertiary/aromatic N) is 5. The summed E-state index contributed by atoms with van der Waals surface area (Å²) in [5.41, 5.74) is 1.94. The fourth-order valence-corrected chi connectivity index (χ4v) is 1.93. The molecular weight excluding hydrogens is 228 g/mol. The Labute approximate surface area is 104 Å². The molecule has 3 heterocycles. The number of H-pyrrole nitrogens is 1. The molecular formula is C12H14N6. The summed E-state index contributed by atoms with van der Waals surface area (Å²) in [6.07, 6.45) is 11.0. The molecule has 6 heteroatoms. The number of rotatable bonds is 4. The Morgan fingerprint density at radius 1 is 1.17 bits per heavy atom. The molecule has 0 saturated heterocycles. The van der Waals surface area contributed by atoms with Crippen LogP contribution in [0.4, 0.5) is 0 Å². The lowest BCUT2D eigenvalue weighted by molar-refractivity contribution is 0.581. The molecule has 0 aliphatic carbocycles. The van der Waals surface area contributed by atoms with Gasteiger partial charge >= 0.3 is 0 Å². The minimum absolute atomic E-state index is 0.845. The molecule has 0 saturated carbocycles. The summed E-state index contributed by atoms with van der Waals surface area (Å²) in [4.78, 5) is 15.8. The van der Waals surface area contributed by atoms with Crippen molar-refractivity contribution >= 4 is 0 Å². The number of imidazole rings is 3. The Hall–Kier alpha value is -2.37. The van der Waals surface area contributed by atoms with Crippen molar-refractivity contribution in [3.05, 3.63) is 43.1 Å². The summed E-state index contributed by atoms with van der Waals surface area (Å²) in [5.74, 6) is 0.897. The van der Waals surface area contributed by atoms with Gasteiger partial charge in [-0.05, 0) is 6.92 Å². The number of aromatic amines is 1. The van der Waals surface area contributed by atoms with E-state index in [1.165, 1.54) is 0 Å². The molecule has 0 amide bonds. The van der Waals surface area contributed by atoms with Gasteiger partial charge in [0.15, 0.2) is 5.82 Å². The van der Waals surface area contributed by atoms with E-state index in [0.29, 0.717) is 0 Å². The fourth-order valence-electron chi connectivity index (χ4n) is 1.93. The van der Waals surface area contributed by atoms with Crippen molar-refractivity contribution in [1.29, 1.82) is 0 Å². The van der Waals surface area contributed by atoms with Crippen molar-refractivity contribution in [1.82, 2.24) is 29.1 Å².